The minimum Gasteiger partial charge on any atom is -0.497 e. The fourth-order valence-corrected chi connectivity index (χ4v) is 2.85. The molecule has 3 heteroatoms. The summed E-state index contributed by atoms with van der Waals surface area (Å²) >= 11 is 0. The molecule has 0 bridgehead atoms. The first-order valence-corrected chi connectivity index (χ1v) is 7.12. The highest BCUT2D eigenvalue weighted by atomic mass is 16.5. The molecule has 1 aliphatic rings. The van der Waals surface area contributed by atoms with Gasteiger partial charge in [0.15, 0.2) is 0 Å². The second-order valence-electron chi connectivity index (χ2n) is 5.71. The number of rotatable bonds is 4. The summed E-state index contributed by atoms with van der Waals surface area (Å²) in [4.78, 5) is 0. The molecular formula is C16H25NO2. The Bertz CT molecular complexity index is 419. The van der Waals surface area contributed by atoms with Crippen molar-refractivity contribution in [2.75, 3.05) is 19.5 Å². The number of nitrogens with one attached hydrogen (secondary N) is 1. The van der Waals surface area contributed by atoms with Gasteiger partial charge >= 0.3 is 0 Å². The second kappa shape index (κ2) is 6.18. The van der Waals surface area contributed by atoms with Crippen LogP contribution < -0.4 is 14.8 Å². The number of methoxy groups -OCH3 is 2. The van der Waals surface area contributed by atoms with Crippen LogP contribution in [0.25, 0.3) is 0 Å². The Morgan fingerprint density at radius 3 is 2.58 bits per heavy atom. The summed E-state index contributed by atoms with van der Waals surface area (Å²) in [6.07, 6.45) is 3.88. The lowest BCUT2D eigenvalue weighted by Gasteiger charge is -2.34. The number of ether oxygens (including phenoxy) is 2. The van der Waals surface area contributed by atoms with E-state index in [4.69, 9.17) is 9.47 Å². The van der Waals surface area contributed by atoms with E-state index in [9.17, 15) is 0 Å². The van der Waals surface area contributed by atoms with Crippen LogP contribution in [0.1, 0.15) is 33.1 Å². The van der Waals surface area contributed by atoms with E-state index in [1.807, 2.05) is 18.2 Å². The van der Waals surface area contributed by atoms with Crippen LogP contribution in [-0.2, 0) is 0 Å². The molecule has 0 heterocycles. The quantitative estimate of drug-likeness (QED) is 0.892. The Labute approximate surface area is 116 Å². The van der Waals surface area contributed by atoms with Gasteiger partial charge in [0.05, 0.1) is 19.9 Å². The van der Waals surface area contributed by atoms with Gasteiger partial charge < -0.3 is 14.8 Å². The van der Waals surface area contributed by atoms with Gasteiger partial charge in [0.2, 0.25) is 0 Å². The van der Waals surface area contributed by atoms with Gasteiger partial charge in [-0.1, -0.05) is 20.3 Å². The topological polar surface area (TPSA) is 30.5 Å². The van der Waals surface area contributed by atoms with Gasteiger partial charge in [-0.25, -0.2) is 0 Å². The van der Waals surface area contributed by atoms with Crippen molar-refractivity contribution in [1.29, 1.82) is 0 Å². The molecule has 1 aliphatic carbocycles. The zero-order valence-corrected chi connectivity index (χ0v) is 12.4. The van der Waals surface area contributed by atoms with Crippen LogP contribution in [-0.4, -0.2) is 20.3 Å². The molecule has 1 saturated carbocycles. The van der Waals surface area contributed by atoms with Gasteiger partial charge in [0.25, 0.3) is 0 Å². The molecule has 3 atom stereocenters. The fraction of sp³-hybridized carbons (Fsp3) is 0.625. The Morgan fingerprint density at radius 2 is 1.89 bits per heavy atom. The molecule has 19 heavy (non-hydrogen) atoms. The van der Waals surface area contributed by atoms with Crippen molar-refractivity contribution < 1.29 is 9.47 Å². The lowest BCUT2D eigenvalue weighted by molar-refractivity contribution is 0.280. The van der Waals surface area contributed by atoms with E-state index in [0.717, 1.165) is 23.1 Å². The molecule has 3 unspecified atom stereocenters. The Morgan fingerprint density at radius 1 is 1.11 bits per heavy atom. The highest BCUT2D eigenvalue weighted by Gasteiger charge is 2.25. The van der Waals surface area contributed by atoms with E-state index in [0.29, 0.717) is 12.0 Å². The number of hydrogen-bond acceptors (Lipinski definition) is 3. The third-order valence-corrected chi connectivity index (χ3v) is 4.21. The third kappa shape index (κ3) is 3.34. The average molecular weight is 263 g/mol. The highest BCUT2D eigenvalue weighted by Crippen LogP contribution is 2.34. The Kier molecular flexibility index (Phi) is 4.56. The molecule has 1 aromatic carbocycles. The average Bonchev–Trinajstić information content (AvgIpc) is 2.43. The molecule has 0 aliphatic heterocycles. The van der Waals surface area contributed by atoms with Crippen molar-refractivity contribution in [3.63, 3.8) is 0 Å². The van der Waals surface area contributed by atoms with E-state index in [2.05, 4.69) is 19.2 Å². The molecule has 0 spiro atoms. The monoisotopic (exact) mass is 263 g/mol. The first-order chi connectivity index (χ1) is 9.13. The van der Waals surface area contributed by atoms with Crippen LogP contribution >= 0.6 is 0 Å². The normalized spacial score (nSPS) is 26.8. The number of hydrogen-bond donors (Lipinski definition) is 1. The Hall–Kier alpha value is -1.38. The van der Waals surface area contributed by atoms with E-state index in [-0.39, 0.29) is 0 Å². The van der Waals surface area contributed by atoms with Crippen molar-refractivity contribution in [3.05, 3.63) is 18.2 Å². The minimum atomic E-state index is 0.533. The number of anilines is 1. The molecule has 106 valence electrons. The molecule has 1 fully saturated rings. The van der Waals surface area contributed by atoms with Crippen molar-refractivity contribution in [3.8, 4) is 11.5 Å². The summed E-state index contributed by atoms with van der Waals surface area (Å²) in [5.74, 6) is 3.19. The smallest absolute Gasteiger partial charge is 0.145 e. The van der Waals surface area contributed by atoms with Crippen molar-refractivity contribution in [2.24, 2.45) is 11.8 Å². The molecular weight excluding hydrogens is 238 g/mol. The van der Waals surface area contributed by atoms with Gasteiger partial charge in [0.1, 0.15) is 11.5 Å². The van der Waals surface area contributed by atoms with E-state index in [1.165, 1.54) is 19.3 Å². The van der Waals surface area contributed by atoms with Gasteiger partial charge in [-0.2, -0.15) is 0 Å². The summed E-state index contributed by atoms with van der Waals surface area (Å²) in [5.41, 5.74) is 1.06. The lowest BCUT2D eigenvalue weighted by Crippen LogP contribution is -2.33. The van der Waals surface area contributed by atoms with Crippen molar-refractivity contribution in [2.45, 2.75) is 39.2 Å². The standard InChI is InChI=1S/C16H25NO2/c1-11-5-6-12(2)15(9-11)17-14-8-7-13(18-3)10-16(14)19-4/h7-8,10-12,15,17H,5-6,9H2,1-4H3. The summed E-state index contributed by atoms with van der Waals surface area (Å²) in [5, 5.41) is 3.65. The minimum absolute atomic E-state index is 0.533. The first-order valence-electron chi connectivity index (χ1n) is 7.12. The molecule has 0 aromatic heterocycles. The summed E-state index contributed by atoms with van der Waals surface area (Å²) < 4.78 is 10.7. The van der Waals surface area contributed by atoms with Crippen LogP contribution in [0, 0.1) is 11.8 Å². The Balaban J connectivity index is 2.13. The van der Waals surface area contributed by atoms with Crippen molar-refractivity contribution >= 4 is 5.69 Å². The SMILES string of the molecule is COc1ccc(NC2CC(C)CCC2C)c(OC)c1. The molecule has 1 N–H and O–H groups in total. The predicted octanol–water partition coefficient (Wildman–Crippen LogP) is 3.94. The summed E-state index contributed by atoms with van der Waals surface area (Å²) in [6, 6.07) is 6.48. The largest absolute Gasteiger partial charge is 0.497 e. The van der Waals surface area contributed by atoms with Crippen LogP contribution in [0.2, 0.25) is 0 Å². The molecule has 0 saturated heterocycles. The molecule has 2 rings (SSSR count). The van der Waals surface area contributed by atoms with Gasteiger partial charge in [0, 0.05) is 12.1 Å². The predicted molar refractivity (Wildman–Crippen MR) is 79.1 cm³/mol. The van der Waals surface area contributed by atoms with E-state index >= 15 is 0 Å². The third-order valence-electron chi connectivity index (χ3n) is 4.21. The van der Waals surface area contributed by atoms with E-state index < -0.39 is 0 Å². The maximum Gasteiger partial charge on any atom is 0.145 e. The second-order valence-corrected chi connectivity index (χ2v) is 5.71. The molecule has 0 radical (unpaired) electrons. The molecule has 1 aromatic rings. The van der Waals surface area contributed by atoms with Crippen molar-refractivity contribution in [1.82, 2.24) is 0 Å². The highest BCUT2D eigenvalue weighted by molar-refractivity contribution is 5.59. The van der Waals surface area contributed by atoms with Crippen LogP contribution in [0.15, 0.2) is 18.2 Å². The lowest BCUT2D eigenvalue weighted by atomic mass is 9.80. The maximum atomic E-state index is 5.45. The van der Waals surface area contributed by atoms with E-state index in [1.54, 1.807) is 14.2 Å². The molecule has 0 amide bonds. The van der Waals surface area contributed by atoms with Crippen LogP contribution in [0.3, 0.4) is 0 Å². The van der Waals surface area contributed by atoms with Gasteiger partial charge in [-0.05, 0) is 36.8 Å². The summed E-state index contributed by atoms with van der Waals surface area (Å²) in [6.45, 7) is 4.67. The number of benzene rings is 1. The summed E-state index contributed by atoms with van der Waals surface area (Å²) in [7, 11) is 3.37. The first kappa shape index (κ1) is 14.0. The molecule has 3 nitrogen and oxygen atoms in total. The van der Waals surface area contributed by atoms with Crippen LogP contribution in [0.5, 0.6) is 11.5 Å². The maximum absolute atomic E-state index is 5.45. The van der Waals surface area contributed by atoms with Gasteiger partial charge in [-0.15, -0.1) is 0 Å². The zero-order chi connectivity index (χ0) is 13.8. The zero-order valence-electron chi connectivity index (χ0n) is 12.4. The fourth-order valence-electron chi connectivity index (χ4n) is 2.85. The van der Waals surface area contributed by atoms with Gasteiger partial charge in [-0.3, -0.25) is 0 Å². The van der Waals surface area contributed by atoms with Crippen LogP contribution in [0.4, 0.5) is 5.69 Å².